The predicted molar refractivity (Wildman–Crippen MR) is 113 cm³/mol. The van der Waals surface area contributed by atoms with E-state index in [2.05, 4.69) is 62.2 Å². The minimum absolute atomic E-state index is 0. The molecule has 1 heterocycles. The fourth-order valence-corrected chi connectivity index (χ4v) is 3.59. The lowest BCUT2D eigenvalue weighted by atomic mass is 9.84. The van der Waals surface area contributed by atoms with Crippen LogP contribution in [0.4, 0.5) is 0 Å². The number of thiazole rings is 1. The Labute approximate surface area is 163 Å². The van der Waals surface area contributed by atoms with Crippen molar-refractivity contribution in [2.45, 2.75) is 54.4 Å². The molecular formula is C17H33IN4S. The van der Waals surface area contributed by atoms with Gasteiger partial charge >= 0.3 is 0 Å². The molecule has 2 N–H and O–H groups in total. The summed E-state index contributed by atoms with van der Waals surface area (Å²) in [4.78, 5) is 10.2. The highest BCUT2D eigenvalue weighted by Crippen LogP contribution is 2.23. The number of nitrogens with one attached hydrogen (secondary N) is 2. The first-order valence-electron chi connectivity index (χ1n) is 8.11. The Bertz CT molecular complexity index is 475. The van der Waals surface area contributed by atoms with Gasteiger partial charge in [0.25, 0.3) is 0 Å². The van der Waals surface area contributed by atoms with E-state index in [4.69, 9.17) is 0 Å². The first kappa shape index (κ1) is 22.6. The second-order valence-corrected chi connectivity index (χ2v) is 8.40. The number of halogens is 1. The van der Waals surface area contributed by atoms with Gasteiger partial charge in [0.05, 0.1) is 10.7 Å². The van der Waals surface area contributed by atoms with Crippen LogP contribution >= 0.6 is 35.3 Å². The third kappa shape index (κ3) is 8.88. The first-order valence-corrected chi connectivity index (χ1v) is 8.92. The Morgan fingerprint density at radius 2 is 1.91 bits per heavy atom. The van der Waals surface area contributed by atoms with Crippen LogP contribution in [0.25, 0.3) is 0 Å². The molecule has 0 spiro atoms. The van der Waals surface area contributed by atoms with Gasteiger partial charge in [-0.2, -0.15) is 0 Å². The Balaban J connectivity index is 0.00000484. The van der Waals surface area contributed by atoms with Crippen molar-refractivity contribution in [1.82, 2.24) is 15.6 Å². The summed E-state index contributed by atoms with van der Waals surface area (Å²) < 4.78 is 0. The van der Waals surface area contributed by atoms with Gasteiger partial charge in [0, 0.05) is 31.4 Å². The molecule has 0 unspecified atom stereocenters. The Morgan fingerprint density at radius 1 is 1.26 bits per heavy atom. The number of hydrogen-bond acceptors (Lipinski definition) is 3. The molecule has 1 aromatic rings. The first-order chi connectivity index (χ1) is 10.2. The van der Waals surface area contributed by atoms with Gasteiger partial charge in [0.2, 0.25) is 0 Å². The monoisotopic (exact) mass is 452 g/mol. The van der Waals surface area contributed by atoms with Crippen LogP contribution < -0.4 is 10.6 Å². The van der Waals surface area contributed by atoms with E-state index in [1.165, 1.54) is 16.3 Å². The van der Waals surface area contributed by atoms with Crippen LogP contribution in [0.15, 0.2) is 4.99 Å². The highest BCUT2D eigenvalue weighted by atomic mass is 127. The molecule has 23 heavy (non-hydrogen) atoms. The van der Waals surface area contributed by atoms with Gasteiger partial charge in [0.1, 0.15) is 0 Å². The summed E-state index contributed by atoms with van der Waals surface area (Å²) in [5, 5.41) is 8.01. The number of aromatic nitrogens is 1. The zero-order chi connectivity index (χ0) is 16.8. The minimum Gasteiger partial charge on any atom is -0.356 e. The van der Waals surface area contributed by atoms with Crippen molar-refractivity contribution >= 4 is 41.3 Å². The fraction of sp³-hybridized carbons (Fsp3) is 0.765. The summed E-state index contributed by atoms with van der Waals surface area (Å²) in [6.07, 6.45) is 2.14. The number of aryl methyl sites for hydroxylation is 2. The molecule has 0 amide bonds. The summed E-state index contributed by atoms with van der Waals surface area (Å²) in [5.74, 6) is 1.59. The van der Waals surface area contributed by atoms with Crippen LogP contribution in [0.3, 0.4) is 0 Å². The molecule has 0 bridgehead atoms. The number of nitrogens with zero attached hydrogens (tertiary/aromatic N) is 2. The highest BCUT2D eigenvalue weighted by molar-refractivity contribution is 14.0. The average molecular weight is 452 g/mol. The Kier molecular flexibility index (Phi) is 10.3. The van der Waals surface area contributed by atoms with Crippen molar-refractivity contribution in [2.24, 2.45) is 16.3 Å². The minimum atomic E-state index is 0. The summed E-state index contributed by atoms with van der Waals surface area (Å²) in [7, 11) is 1.82. The Hall–Kier alpha value is -0.370. The zero-order valence-corrected chi connectivity index (χ0v) is 18.8. The smallest absolute Gasteiger partial charge is 0.191 e. The van der Waals surface area contributed by atoms with Crippen LogP contribution in [0.5, 0.6) is 0 Å². The number of hydrogen-bond donors (Lipinski definition) is 2. The van der Waals surface area contributed by atoms with Gasteiger partial charge < -0.3 is 10.6 Å². The average Bonchev–Trinajstić information content (AvgIpc) is 2.71. The molecule has 4 nitrogen and oxygen atoms in total. The predicted octanol–water partition coefficient (Wildman–Crippen LogP) is 4.16. The van der Waals surface area contributed by atoms with Gasteiger partial charge in [0.15, 0.2) is 5.96 Å². The summed E-state index contributed by atoms with van der Waals surface area (Å²) in [6.45, 7) is 15.1. The van der Waals surface area contributed by atoms with Crippen molar-refractivity contribution in [3.63, 3.8) is 0 Å². The van der Waals surface area contributed by atoms with Crippen LogP contribution in [0.2, 0.25) is 0 Å². The maximum absolute atomic E-state index is 4.57. The second kappa shape index (κ2) is 10.5. The summed E-state index contributed by atoms with van der Waals surface area (Å²) in [5.41, 5.74) is 1.42. The number of aliphatic imine (C=N–C) groups is 1. The molecule has 0 aliphatic rings. The molecule has 0 saturated heterocycles. The van der Waals surface area contributed by atoms with Crippen LogP contribution in [-0.2, 0) is 6.42 Å². The standard InChI is InChI=1S/C17H32N4S.HI/c1-12(2)10-17(5,6)11-20-16(18-7)19-9-8-15-21-13(3)14(4)22-15;/h12H,8-11H2,1-7H3,(H2,18,19,20);1H. The molecule has 0 radical (unpaired) electrons. The summed E-state index contributed by atoms with van der Waals surface area (Å²) in [6, 6.07) is 0. The zero-order valence-electron chi connectivity index (χ0n) is 15.6. The SMILES string of the molecule is CN=C(NCCc1nc(C)c(C)s1)NCC(C)(C)CC(C)C.I. The molecule has 0 aromatic carbocycles. The van der Waals surface area contributed by atoms with Crippen molar-refractivity contribution in [3.8, 4) is 0 Å². The largest absolute Gasteiger partial charge is 0.356 e. The fourth-order valence-electron chi connectivity index (χ4n) is 2.65. The lowest BCUT2D eigenvalue weighted by Gasteiger charge is -2.27. The third-order valence-corrected chi connectivity index (χ3v) is 4.76. The van der Waals surface area contributed by atoms with E-state index >= 15 is 0 Å². The van der Waals surface area contributed by atoms with Crippen molar-refractivity contribution in [2.75, 3.05) is 20.1 Å². The topological polar surface area (TPSA) is 49.3 Å². The molecule has 1 rings (SSSR count). The van der Waals surface area contributed by atoms with Crippen LogP contribution in [-0.4, -0.2) is 31.1 Å². The summed E-state index contributed by atoms with van der Waals surface area (Å²) >= 11 is 1.79. The van der Waals surface area contributed by atoms with E-state index in [9.17, 15) is 0 Å². The molecular weight excluding hydrogens is 419 g/mol. The molecule has 1 aromatic heterocycles. The lowest BCUT2D eigenvalue weighted by Crippen LogP contribution is -2.43. The Morgan fingerprint density at radius 3 is 2.39 bits per heavy atom. The normalized spacial score (nSPS) is 12.3. The maximum Gasteiger partial charge on any atom is 0.191 e. The number of rotatable bonds is 7. The quantitative estimate of drug-likeness (QED) is 0.371. The van der Waals surface area contributed by atoms with E-state index in [1.807, 2.05) is 7.05 Å². The van der Waals surface area contributed by atoms with E-state index in [-0.39, 0.29) is 29.4 Å². The molecule has 0 saturated carbocycles. The van der Waals surface area contributed by atoms with Crippen LogP contribution in [0, 0.1) is 25.2 Å². The molecule has 0 aliphatic heterocycles. The lowest BCUT2D eigenvalue weighted by molar-refractivity contribution is 0.286. The van der Waals surface area contributed by atoms with E-state index in [0.29, 0.717) is 5.92 Å². The molecule has 0 aliphatic carbocycles. The van der Waals surface area contributed by atoms with Gasteiger partial charge in [-0.15, -0.1) is 35.3 Å². The second-order valence-electron chi connectivity index (χ2n) is 7.11. The number of guanidine groups is 1. The van der Waals surface area contributed by atoms with E-state index < -0.39 is 0 Å². The molecule has 6 heteroatoms. The van der Waals surface area contributed by atoms with Crippen LogP contribution in [0.1, 0.15) is 49.7 Å². The van der Waals surface area contributed by atoms with Gasteiger partial charge in [-0.05, 0) is 31.6 Å². The highest BCUT2D eigenvalue weighted by Gasteiger charge is 2.19. The van der Waals surface area contributed by atoms with Crippen molar-refractivity contribution in [3.05, 3.63) is 15.6 Å². The maximum atomic E-state index is 4.57. The molecule has 134 valence electrons. The van der Waals surface area contributed by atoms with E-state index in [0.717, 1.165) is 31.2 Å². The van der Waals surface area contributed by atoms with Gasteiger partial charge in [-0.25, -0.2) is 4.98 Å². The third-order valence-electron chi connectivity index (χ3n) is 3.62. The molecule has 0 atom stereocenters. The van der Waals surface area contributed by atoms with E-state index in [1.54, 1.807) is 11.3 Å². The van der Waals surface area contributed by atoms with Gasteiger partial charge in [-0.1, -0.05) is 27.7 Å². The molecule has 0 fully saturated rings. The van der Waals surface area contributed by atoms with Gasteiger partial charge in [-0.3, -0.25) is 4.99 Å². The van der Waals surface area contributed by atoms with Crippen molar-refractivity contribution < 1.29 is 0 Å². The van der Waals surface area contributed by atoms with Crippen molar-refractivity contribution in [1.29, 1.82) is 0 Å².